The second-order valence-electron chi connectivity index (χ2n) is 6.89. The molecule has 2 amide bonds. The highest BCUT2D eigenvalue weighted by molar-refractivity contribution is 5.86. The van der Waals surface area contributed by atoms with Gasteiger partial charge in [-0.2, -0.15) is 5.26 Å². The number of nitriles is 1. The van der Waals surface area contributed by atoms with Crippen LogP contribution in [0.5, 0.6) is 0 Å². The number of nitrogens with zero attached hydrogens (tertiary/aromatic N) is 1. The molecule has 3 N–H and O–H groups in total. The van der Waals surface area contributed by atoms with Gasteiger partial charge in [0.15, 0.2) is 0 Å². The van der Waals surface area contributed by atoms with Gasteiger partial charge < -0.3 is 5.32 Å². The number of benzene rings is 1. The first-order valence-electron chi connectivity index (χ1n) is 9.94. The summed E-state index contributed by atoms with van der Waals surface area (Å²) in [5.74, 6) is -0.778. The predicted octanol–water partition coefficient (Wildman–Crippen LogP) is 3.79. The van der Waals surface area contributed by atoms with Gasteiger partial charge in [-0.1, -0.05) is 43.5 Å². The van der Waals surface area contributed by atoms with Crippen molar-refractivity contribution in [2.24, 2.45) is 0 Å². The van der Waals surface area contributed by atoms with Crippen LogP contribution in [0.3, 0.4) is 0 Å². The van der Waals surface area contributed by atoms with E-state index in [2.05, 4.69) is 23.5 Å². The van der Waals surface area contributed by atoms with Crippen molar-refractivity contribution < 1.29 is 14.8 Å². The lowest BCUT2D eigenvalue weighted by molar-refractivity contribution is -0.134. The van der Waals surface area contributed by atoms with Crippen LogP contribution in [0.1, 0.15) is 69.4 Å². The van der Waals surface area contributed by atoms with E-state index in [4.69, 9.17) is 10.5 Å². The molecule has 0 aliphatic heterocycles. The molecule has 28 heavy (non-hydrogen) atoms. The first kappa shape index (κ1) is 23.4. The summed E-state index contributed by atoms with van der Waals surface area (Å²) in [4.78, 5) is 22.7. The Hall–Kier alpha value is -2.65. The van der Waals surface area contributed by atoms with E-state index in [0.29, 0.717) is 12.0 Å². The number of allylic oxidation sites excluding steroid dienone is 2. The largest absolute Gasteiger partial charge is 0.345 e. The molecule has 1 aromatic carbocycles. The molecule has 6 nitrogen and oxygen atoms in total. The van der Waals surface area contributed by atoms with E-state index < -0.39 is 11.9 Å². The average Bonchev–Trinajstić information content (AvgIpc) is 2.71. The van der Waals surface area contributed by atoms with E-state index in [9.17, 15) is 9.59 Å². The maximum absolute atomic E-state index is 11.6. The molecule has 0 aromatic heterocycles. The van der Waals surface area contributed by atoms with Gasteiger partial charge in [-0.25, -0.2) is 5.48 Å². The zero-order valence-electron chi connectivity index (χ0n) is 16.6. The zero-order valence-corrected chi connectivity index (χ0v) is 16.6. The molecule has 6 heteroatoms. The van der Waals surface area contributed by atoms with Gasteiger partial charge in [0.1, 0.15) is 6.04 Å². The van der Waals surface area contributed by atoms with Crippen LogP contribution in [-0.4, -0.2) is 23.1 Å². The van der Waals surface area contributed by atoms with Crippen LogP contribution in [0.2, 0.25) is 0 Å². The highest BCUT2D eigenvalue weighted by Crippen LogP contribution is 2.09. The molecule has 0 heterocycles. The number of hydrogen-bond acceptors (Lipinski definition) is 4. The number of hydrogen-bond donors (Lipinski definition) is 3. The summed E-state index contributed by atoms with van der Waals surface area (Å²) in [6, 6.07) is 9.13. The Bertz CT molecular complexity index is 663. The summed E-state index contributed by atoms with van der Waals surface area (Å²) in [5.41, 5.74) is 3.47. The van der Waals surface area contributed by atoms with Crippen molar-refractivity contribution in [3.05, 3.63) is 47.5 Å². The Kier molecular flexibility index (Phi) is 12.0. The Morgan fingerprint density at radius 3 is 2.39 bits per heavy atom. The Morgan fingerprint density at radius 1 is 1.07 bits per heavy atom. The van der Waals surface area contributed by atoms with E-state index in [-0.39, 0.29) is 5.91 Å². The van der Waals surface area contributed by atoms with Crippen molar-refractivity contribution in [2.45, 2.75) is 70.8 Å². The number of hydroxylamine groups is 1. The summed E-state index contributed by atoms with van der Waals surface area (Å²) >= 11 is 0. The first-order chi connectivity index (χ1) is 13.6. The highest BCUT2D eigenvalue weighted by atomic mass is 16.5. The number of aryl methyl sites for hydroxylation is 1. The van der Waals surface area contributed by atoms with Gasteiger partial charge in [0.05, 0.1) is 11.6 Å². The average molecular weight is 386 g/mol. The Labute approximate surface area is 167 Å². The topological polar surface area (TPSA) is 102 Å². The van der Waals surface area contributed by atoms with Crippen LogP contribution >= 0.6 is 0 Å². The molecule has 1 unspecified atom stereocenters. The Balaban J connectivity index is 1.97. The van der Waals surface area contributed by atoms with Gasteiger partial charge in [0, 0.05) is 6.42 Å². The SMILES string of the molecule is CC(NC(=O)CCCCCCC/C=C/CCc1ccc(C#N)cc1)C(=O)NO. The van der Waals surface area contributed by atoms with E-state index in [0.717, 1.165) is 51.4 Å². The van der Waals surface area contributed by atoms with Crippen molar-refractivity contribution in [2.75, 3.05) is 0 Å². The van der Waals surface area contributed by atoms with Crippen LogP contribution in [0.15, 0.2) is 36.4 Å². The molecule has 0 aliphatic rings. The van der Waals surface area contributed by atoms with Crippen LogP contribution < -0.4 is 10.8 Å². The smallest absolute Gasteiger partial charge is 0.265 e. The van der Waals surface area contributed by atoms with Crippen molar-refractivity contribution >= 4 is 11.8 Å². The lowest BCUT2D eigenvalue weighted by Gasteiger charge is -2.11. The highest BCUT2D eigenvalue weighted by Gasteiger charge is 2.13. The summed E-state index contributed by atoms with van der Waals surface area (Å²) in [6.45, 7) is 1.53. The molecule has 0 saturated carbocycles. The van der Waals surface area contributed by atoms with Crippen molar-refractivity contribution in [3.8, 4) is 6.07 Å². The fourth-order valence-electron chi connectivity index (χ4n) is 2.79. The van der Waals surface area contributed by atoms with E-state index >= 15 is 0 Å². The summed E-state index contributed by atoms with van der Waals surface area (Å²) in [6.07, 6.45) is 13.1. The number of amides is 2. The minimum absolute atomic E-state index is 0.165. The van der Waals surface area contributed by atoms with E-state index in [1.165, 1.54) is 18.0 Å². The maximum Gasteiger partial charge on any atom is 0.265 e. The fraction of sp³-hybridized carbons (Fsp3) is 0.500. The molecule has 0 aliphatic carbocycles. The fourth-order valence-corrected chi connectivity index (χ4v) is 2.79. The van der Waals surface area contributed by atoms with Crippen molar-refractivity contribution in [1.29, 1.82) is 5.26 Å². The second-order valence-corrected chi connectivity index (χ2v) is 6.89. The number of carbonyl (C=O) groups is 2. The predicted molar refractivity (Wildman–Crippen MR) is 108 cm³/mol. The monoisotopic (exact) mass is 385 g/mol. The zero-order chi connectivity index (χ0) is 20.6. The quantitative estimate of drug-likeness (QED) is 0.208. The maximum atomic E-state index is 11.6. The molecular formula is C22H31N3O3. The van der Waals surface area contributed by atoms with Crippen LogP contribution in [0.25, 0.3) is 0 Å². The molecule has 0 saturated heterocycles. The molecule has 0 bridgehead atoms. The summed E-state index contributed by atoms with van der Waals surface area (Å²) in [5, 5.41) is 19.8. The lowest BCUT2D eigenvalue weighted by Crippen LogP contribution is -2.43. The van der Waals surface area contributed by atoms with Crippen LogP contribution in [0.4, 0.5) is 0 Å². The molecule has 1 atom stereocenters. The molecule has 0 fully saturated rings. The van der Waals surface area contributed by atoms with Crippen LogP contribution in [0, 0.1) is 11.3 Å². The van der Waals surface area contributed by atoms with E-state index in [1.807, 2.05) is 24.3 Å². The molecule has 152 valence electrons. The molecule has 1 aromatic rings. The van der Waals surface area contributed by atoms with Crippen LogP contribution in [-0.2, 0) is 16.0 Å². The normalized spacial score (nSPS) is 11.8. The van der Waals surface area contributed by atoms with Crippen molar-refractivity contribution in [1.82, 2.24) is 10.8 Å². The number of nitrogens with one attached hydrogen (secondary N) is 2. The third-order valence-electron chi connectivity index (χ3n) is 4.50. The molecule has 0 spiro atoms. The molecule has 0 radical (unpaired) electrons. The summed E-state index contributed by atoms with van der Waals surface area (Å²) < 4.78 is 0. The third kappa shape index (κ3) is 10.5. The minimum atomic E-state index is -0.721. The standard InChI is InChI=1S/C22H31N3O3/c1-18(22(27)25-28)24-21(26)12-10-8-6-4-2-3-5-7-9-11-19-13-15-20(17-23)16-14-19/h5,7,13-16,18,28H,2-4,6,8-12H2,1H3,(H,24,26)(H,25,27)/b7-5+. The second kappa shape index (κ2) is 14.4. The number of rotatable bonds is 13. The number of unbranched alkanes of at least 4 members (excludes halogenated alkanes) is 5. The van der Waals surface area contributed by atoms with Gasteiger partial charge in [-0.05, 0) is 56.7 Å². The van der Waals surface area contributed by atoms with Gasteiger partial charge in [-0.15, -0.1) is 0 Å². The Morgan fingerprint density at radius 2 is 1.71 bits per heavy atom. The van der Waals surface area contributed by atoms with Gasteiger partial charge in [-0.3, -0.25) is 14.8 Å². The molecular weight excluding hydrogens is 354 g/mol. The van der Waals surface area contributed by atoms with Gasteiger partial charge in [0.25, 0.3) is 5.91 Å². The van der Waals surface area contributed by atoms with E-state index in [1.54, 1.807) is 0 Å². The summed E-state index contributed by atoms with van der Waals surface area (Å²) in [7, 11) is 0. The minimum Gasteiger partial charge on any atom is -0.345 e. The number of carbonyl (C=O) groups excluding carboxylic acids is 2. The third-order valence-corrected chi connectivity index (χ3v) is 4.50. The van der Waals surface area contributed by atoms with Crippen molar-refractivity contribution in [3.63, 3.8) is 0 Å². The van der Waals surface area contributed by atoms with Gasteiger partial charge in [0.2, 0.25) is 5.91 Å². The van der Waals surface area contributed by atoms with Gasteiger partial charge >= 0.3 is 0 Å². The molecule has 1 rings (SSSR count). The lowest BCUT2D eigenvalue weighted by atomic mass is 10.1. The first-order valence-corrected chi connectivity index (χ1v) is 9.94.